The van der Waals surface area contributed by atoms with Gasteiger partial charge in [-0.2, -0.15) is 17.4 Å². The van der Waals surface area contributed by atoms with Gasteiger partial charge in [0.1, 0.15) is 5.84 Å². The maximum atomic E-state index is 12.3. The Bertz CT molecular complexity index is 615. The number of piperidine rings is 1. The van der Waals surface area contributed by atoms with Gasteiger partial charge in [-0.05, 0) is 31.4 Å². The summed E-state index contributed by atoms with van der Waals surface area (Å²) in [6, 6.07) is 7.08. The number of hydrogen-bond donors (Lipinski definition) is 3. The SMILES string of the molecule is CC1CCCCN1S(=O)(=O)NCc1cccc(C(=N)N)c1. The molecule has 0 radical (unpaired) electrons. The topological polar surface area (TPSA) is 99.3 Å². The van der Waals surface area contributed by atoms with Crippen LogP contribution >= 0.6 is 0 Å². The standard InChI is InChI=1S/C14H22N4O2S/c1-11-5-2-3-8-18(11)21(19,20)17-10-12-6-4-7-13(9-12)14(15)16/h4,6-7,9,11,17H,2-3,5,8,10H2,1H3,(H3,15,16). The largest absolute Gasteiger partial charge is 0.384 e. The van der Waals surface area contributed by atoms with Gasteiger partial charge in [0.25, 0.3) is 10.2 Å². The molecule has 0 aromatic heterocycles. The third kappa shape index (κ3) is 4.03. The van der Waals surface area contributed by atoms with Crippen molar-refractivity contribution in [1.29, 1.82) is 5.41 Å². The average molecular weight is 310 g/mol. The van der Waals surface area contributed by atoms with Crippen LogP contribution in [0.3, 0.4) is 0 Å². The maximum Gasteiger partial charge on any atom is 0.279 e. The molecule has 0 aliphatic carbocycles. The molecule has 1 unspecified atom stereocenters. The minimum Gasteiger partial charge on any atom is -0.384 e. The first kappa shape index (κ1) is 15.9. The van der Waals surface area contributed by atoms with Gasteiger partial charge in [0.15, 0.2) is 0 Å². The van der Waals surface area contributed by atoms with E-state index in [9.17, 15) is 8.42 Å². The summed E-state index contributed by atoms with van der Waals surface area (Å²) in [6.45, 7) is 2.71. The van der Waals surface area contributed by atoms with Gasteiger partial charge in [0.05, 0.1) is 0 Å². The van der Waals surface area contributed by atoms with E-state index in [1.165, 1.54) is 4.31 Å². The molecule has 6 nitrogen and oxygen atoms in total. The van der Waals surface area contributed by atoms with Gasteiger partial charge in [-0.1, -0.05) is 24.6 Å². The summed E-state index contributed by atoms with van der Waals surface area (Å²) >= 11 is 0. The van der Waals surface area contributed by atoms with E-state index < -0.39 is 10.2 Å². The second-order valence-electron chi connectivity index (χ2n) is 5.40. The van der Waals surface area contributed by atoms with Crippen LogP contribution in [0.25, 0.3) is 0 Å². The van der Waals surface area contributed by atoms with Crippen LogP contribution in [0.5, 0.6) is 0 Å². The Balaban J connectivity index is 2.04. The molecule has 1 aromatic carbocycles. The highest BCUT2D eigenvalue weighted by atomic mass is 32.2. The van der Waals surface area contributed by atoms with Gasteiger partial charge >= 0.3 is 0 Å². The van der Waals surface area contributed by atoms with Crippen LogP contribution in [-0.2, 0) is 16.8 Å². The van der Waals surface area contributed by atoms with Crippen LogP contribution in [-0.4, -0.2) is 31.1 Å². The molecule has 0 amide bonds. The number of benzene rings is 1. The minimum absolute atomic E-state index is 0.0237. The van der Waals surface area contributed by atoms with Crippen LogP contribution in [0.15, 0.2) is 24.3 Å². The van der Waals surface area contributed by atoms with Gasteiger partial charge in [0.2, 0.25) is 0 Å². The molecule has 116 valence electrons. The molecule has 21 heavy (non-hydrogen) atoms. The Morgan fingerprint density at radius 2 is 2.24 bits per heavy atom. The smallest absolute Gasteiger partial charge is 0.279 e. The highest BCUT2D eigenvalue weighted by molar-refractivity contribution is 7.87. The van der Waals surface area contributed by atoms with Crippen molar-refractivity contribution in [3.8, 4) is 0 Å². The lowest BCUT2D eigenvalue weighted by Crippen LogP contribution is -2.47. The molecule has 2 rings (SSSR count). The Kier molecular flexibility index (Phi) is 4.97. The molecule has 1 saturated heterocycles. The summed E-state index contributed by atoms with van der Waals surface area (Å²) in [5.74, 6) is -0.0237. The number of nitrogens with one attached hydrogen (secondary N) is 2. The monoisotopic (exact) mass is 310 g/mol. The van der Waals surface area contributed by atoms with E-state index in [2.05, 4.69) is 4.72 Å². The van der Waals surface area contributed by atoms with Crippen LogP contribution in [0.4, 0.5) is 0 Å². The molecule has 0 spiro atoms. The van der Waals surface area contributed by atoms with E-state index in [1.807, 2.05) is 13.0 Å². The molecule has 1 aromatic rings. The lowest BCUT2D eigenvalue weighted by molar-refractivity contribution is 0.265. The van der Waals surface area contributed by atoms with Gasteiger partial charge in [-0.15, -0.1) is 0 Å². The third-order valence-electron chi connectivity index (χ3n) is 3.75. The Labute approximate surface area is 126 Å². The van der Waals surface area contributed by atoms with E-state index in [0.29, 0.717) is 12.1 Å². The molecule has 0 saturated carbocycles. The minimum atomic E-state index is -3.47. The average Bonchev–Trinajstić information content (AvgIpc) is 2.46. The van der Waals surface area contributed by atoms with Gasteiger partial charge in [-0.3, -0.25) is 5.41 Å². The zero-order chi connectivity index (χ0) is 15.5. The molecule has 1 fully saturated rings. The highest BCUT2D eigenvalue weighted by Gasteiger charge is 2.28. The van der Waals surface area contributed by atoms with E-state index in [1.54, 1.807) is 18.2 Å². The van der Waals surface area contributed by atoms with Crippen LogP contribution in [0.1, 0.15) is 37.3 Å². The molecule has 4 N–H and O–H groups in total. The number of nitrogens with zero attached hydrogens (tertiary/aromatic N) is 1. The molecule has 1 aliphatic rings. The van der Waals surface area contributed by atoms with Crippen molar-refractivity contribution < 1.29 is 8.42 Å². The summed E-state index contributed by atoms with van der Waals surface area (Å²) in [7, 11) is -3.47. The van der Waals surface area contributed by atoms with Crippen LogP contribution in [0, 0.1) is 5.41 Å². The summed E-state index contributed by atoms with van der Waals surface area (Å²) in [5, 5.41) is 7.40. The molecule has 1 heterocycles. The van der Waals surface area contributed by atoms with Gasteiger partial charge < -0.3 is 5.73 Å². The van der Waals surface area contributed by atoms with Crippen molar-refractivity contribution in [3.05, 3.63) is 35.4 Å². The zero-order valence-electron chi connectivity index (χ0n) is 12.2. The Hall–Kier alpha value is -1.44. The Morgan fingerprint density at radius 3 is 2.90 bits per heavy atom. The fraction of sp³-hybridized carbons (Fsp3) is 0.500. The zero-order valence-corrected chi connectivity index (χ0v) is 13.0. The fourth-order valence-corrected chi connectivity index (χ4v) is 4.00. The lowest BCUT2D eigenvalue weighted by atomic mass is 10.1. The van der Waals surface area contributed by atoms with Gasteiger partial charge in [0, 0.05) is 24.7 Å². The quantitative estimate of drug-likeness (QED) is 0.562. The second-order valence-corrected chi connectivity index (χ2v) is 7.10. The summed E-state index contributed by atoms with van der Waals surface area (Å²) in [4.78, 5) is 0. The third-order valence-corrected chi connectivity index (χ3v) is 5.42. The fourth-order valence-electron chi connectivity index (χ4n) is 2.54. The van der Waals surface area contributed by atoms with Gasteiger partial charge in [-0.25, -0.2) is 0 Å². The predicted molar refractivity (Wildman–Crippen MR) is 83.2 cm³/mol. The summed E-state index contributed by atoms with van der Waals surface area (Å²) < 4.78 is 28.8. The summed E-state index contributed by atoms with van der Waals surface area (Å²) in [5.41, 5.74) is 6.82. The molecule has 0 bridgehead atoms. The first-order valence-corrected chi connectivity index (χ1v) is 8.54. The van der Waals surface area contributed by atoms with E-state index in [-0.39, 0.29) is 18.4 Å². The number of hydrogen-bond acceptors (Lipinski definition) is 3. The van der Waals surface area contributed by atoms with Crippen molar-refractivity contribution in [2.75, 3.05) is 6.54 Å². The first-order chi connectivity index (χ1) is 9.90. The molecule has 1 aliphatic heterocycles. The summed E-state index contributed by atoms with van der Waals surface area (Å²) in [6.07, 6.45) is 2.89. The molecular weight excluding hydrogens is 288 g/mol. The number of nitrogens with two attached hydrogens (primary N) is 1. The van der Waals surface area contributed by atoms with Crippen molar-refractivity contribution in [2.24, 2.45) is 5.73 Å². The second kappa shape index (κ2) is 6.55. The normalized spacial score (nSPS) is 20.3. The van der Waals surface area contributed by atoms with E-state index >= 15 is 0 Å². The predicted octanol–water partition coefficient (Wildman–Crippen LogP) is 1.18. The molecule has 7 heteroatoms. The van der Waals surface area contributed by atoms with Crippen LogP contribution < -0.4 is 10.5 Å². The van der Waals surface area contributed by atoms with E-state index in [4.69, 9.17) is 11.1 Å². The highest BCUT2D eigenvalue weighted by Crippen LogP contribution is 2.19. The number of nitrogen functional groups attached to an aromatic ring is 1. The lowest BCUT2D eigenvalue weighted by Gasteiger charge is -2.32. The van der Waals surface area contributed by atoms with Crippen molar-refractivity contribution in [3.63, 3.8) is 0 Å². The molecular formula is C14H22N4O2S. The van der Waals surface area contributed by atoms with Crippen molar-refractivity contribution >= 4 is 16.0 Å². The van der Waals surface area contributed by atoms with Crippen molar-refractivity contribution in [2.45, 2.75) is 38.8 Å². The van der Waals surface area contributed by atoms with Crippen LogP contribution in [0.2, 0.25) is 0 Å². The number of rotatable bonds is 5. The number of amidine groups is 1. The first-order valence-electron chi connectivity index (χ1n) is 7.10. The molecule has 1 atom stereocenters. The van der Waals surface area contributed by atoms with Crippen molar-refractivity contribution in [1.82, 2.24) is 9.03 Å². The van der Waals surface area contributed by atoms with E-state index in [0.717, 1.165) is 24.8 Å². The maximum absolute atomic E-state index is 12.3. The Morgan fingerprint density at radius 1 is 1.48 bits per heavy atom.